The third kappa shape index (κ3) is 3.08. The molecule has 1 heterocycles. The van der Waals surface area contributed by atoms with E-state index >= 15 is 0 Å². The second kappa shape index (κ2) is 8.62. The van der Waals surface area contributed by atoms with Crippen LogP contribution in [-0.2, 0) is 19.1 Å². The monoisotopic (exact) mass is 567 g/mol. The first-order valence-corrected chi connectivity index (χ1v) is 15.0. The molecule has 41 heavy (non-hydrogen) atoms. The van der Waals surface area contributed by atoms with Gasteiger partial charge >= 0.3 is 11.9 Å². The van der Waals surface area contributed by atoms with Gasteiger partial charge < -0.3 is 29.0 Å². The zero-order valence-electron chi connectivity index (χ0n) is 24.6. The van der Waals surface area contributed by atoms with Crippen LogP contribution >= 0.6 is 0 Å². The van der Waals surface area contributed by atoms with E-state index in [1.807, 2.05) is 11.9 Å². The fraction of sp³-hybridized carbons (Fsp3) is 0.719. The van der Waals surface area contributed by atoms with E-state index in [4.69, 9.17) is 18.9 Å². The number of methoxy groups -OCH3 is 2. The number of esters is 2. The number of rotatable bonds is 6. The summed E-state index contributed by atoms with van der Waals surface area (Å²) in [5.74, 6) is 0.559. The second-order valence-corrected chi connectivity index (χ2v) is 13.9. The van der Waals surface area contributed by atoms with Crippen molar-refractivity contribution in [2.24, 2.45) is 39.9 Å². The van der Waals surface area contributed by atoms with Crippen LogP contribution in [0, 0.1) is 39.9 Å². The van der Waals surface area contributed by atoms with Gasteiger partial charge in [-0.1, -0.05) is 13.3 Å². The summed E-state index contributed by atoms with van der Waals surface area (Å²) >= 11 is 0. The molecule has 1 saturated heterocycles. The second-order valence-electron chi connectivity index (χ2n) is 13.9. The van der Waals surface area contributed by atoms with Gasteiger partial charge in [-0.15, -0.1) is 0 Å². The number of piperidine rings is 1. The lowest BCUT2D eigenvalue weighted by Gasteiger charge is -2.68. The minimum absolute atomic E-state index is 0.0459. The van der Waals surface area contributed by atoms with Crippen molar-refractivity contribution >= 4 is 17.8 Å². The van der Waals surface area contributed by atoms with Gasteiger partial charge in [0.05, 0.1) is 25.2 Å². The van der Waals surface area contributed by atoms with Gasteiger partial charge in [-0.25, -0.2) is 4.79 Å². The quantitative estimate of drug-likeness (QED) is 0.519. The van der Waals surface area contributed by atoms with Crippen molar-refractivity contribution in [2.75, 3.05) is 27.9 Å². The van der Waals surface area contributed by atoms with E-state index in [0.717, 1.165) is 44.9 Å². The zero-order chi connectivity index (χ0) is 29.1. The summed E-state index contributed by atoms with van der Waals surface area (Å²) in [5.41, 5.74) is -2.13. The van der Waals surface area contributed by atoms with Crippen molar-refractivity contribution in [2.45, 2.75) is 76.5 Å². The van der Waals surface area contributed by atoms with Crippen LogP contribution in [0.5, 0.6) is 11.5 Å². The number of amides is 1. The number of hydrogen-bond acceptors (Lipinski definition) is 8. The first-order chi connectivity index (χ1) is 19.5. The minimum Gasteiger partial charge on any atom is -0.493 e. The first kappa shape index (κ1) is 27.0. The number of fused-ring (bicyclic) bond motifs is 2. The van der Waals surface area contributed by atoms with Gasteiger partial charge in [0.2, 0.25) is 5.91 Å². The maximum absolute atomic E-state index is 13.9. The molecule has 9 nitrogen and oxygen atoms in total. The van der Waals surface area contributed by atoms with E-state index < -0.39 is 29.1 Å². The molecule has 9 heteroatoms. The van der Waals surface area contributed by atoms with Gasteiger partial charge in [0.15, 0.2) is 11.5 Å². The molecular formula is C32H41NO8. The Balaban J connectivity index is 1.34. The topological polar surface area (TPSA) is 112 Å². The molecule has 7 aliphatic rings. The first-order valence-electron chi connectivity index (χ1n) is 15.0. The summed E-state index contributed by atoms with van der Waals surface area (Å²) in [6, 6.07) is 4.96. The van der Waals surface area contributed by atoms with Crippen molar-refractivity contribution in [3.8, 4) is 11.5 Å². The number of aliphatic hydroxyl groups is 1. The molecule has 2 spiro atoms. The maximum atomic E-state index is 13.9. The van der Waals surface area contributed by atoms with Crippen molar-refractivity contribution in [1.82, 2.24) is 4.90 Å². The zero-order valence-corrected chi connectivity index (χ0v) is 24.6. The minimum atomic E-state index is -1.51. The lowest BCUT2D eigenvalue weighted by atomic mass is 9.38. The SMILES string of the molecule is COc1ccc(C(=O)O[C@@H]2[C@](O)(COC(C)=O)[C@H]3CC[C@]24[C@H](C3)[C@@]23CCC[C@@]5(C)C(=O)N(C)[C@@H]2[C@@H]4C[C@@H]35)cc1OC. The van der Waals surface area contributed by atoms with Crippen LogP contribution in [0.15, 0.2) is 18.2 Å². The Bertz CT molecular complexity index is 1330. The van der Waals surface area contributed by atoms with Crippen molar-refractivity contribution in [1.29, 1.82) is 0 Å². The van der Waals surface area contributed by atoms with E-state index in [-0.39, 0.29) is 47.1 Å². The highest BCUT2D eigenvalue weighted by molar-refractivity contribution is 5.90. The number of carbonyl (C=O) groups is 3. The molecule has 6 aliphatic carbocycles. The summed E-state index contributed by atoms with van der Waals surface area (Å²) in [4.78, 5) is 41.7. The number of hydrogen-bond donors (Lipinski definition) is 1. The molecule has 6 saturated carbocycles. The molecular weight excluding hydrogens is 526 g/mol. The number of benzene rings is 1. The summed E-state index contributed by atoms with van der Waals surface area (Å²) in [6.45, 7) is 3.29. The Morgan fingerprint density at radius 1 is 1.05 bits per heavy atom. The van der Waals surface area contributed by atoms with Gasteiger partial charge in [0, 0.05) is 25.4 Å². The molecule has 0 unspecified atom stereocenters. The normalized spacial score (nSPS) is 44.8. The predicted octanol–water partition coefficient (Wildman–Crippen LogP) is 3.61. The van der Waals surface area contributed by atoms with Crippen LogP contribution < -0.4 is 9.47 Å². The Labute approximate surface area is 240 Å². The molecule has 1 N–H and O–H groups in total. The highest BCUT2D eigenvalue weighted by Gasteiger charge is 2.86. The van der Waals surface area contributed by atoms with Gasteiger partial charge in [0.25, 0.3) is 0 Å². The maximum Gasteiger partial charge on any atom is 0.338 e. The average molecular weight is 568 g/mol. The summed E-state index contributed by atoms with van der Waals surface area (Å²) in [5, 5.41) is 12.5. The van der Waals surface area contributed by atoms with Crippen LogP contribution in [0.2, 0.25) is 0 Å². The Hall–Kier alpha value is -2.81. The van der Waals surface area contributed by atoms with E-state index in [1.54, 1.807) is 18.2 Å². The molecule has 7 bridgehead atoms. The van der Waals surface area contributed by atoms with Gasteiger partial charge in [-0.3, -0.25) is 9.59 Å². The van der Waals surface area contributed by atoms with Crippen LogP contribution in [0.4, 0.5) is 0 Å². The Morgan fingerprint density at radius 3 is 2.51 bits per heavy atom. The number of ether oxygens (including phenoxy) is 4. The molecule has 8 rings (SSSR count). The largest absolute Gasteiger partial charge is 0.493 e. The molecule has 0 aromatic heterocycles. The molecule has 1 aromatic carbocycles. The van der Waals surface area contributed by atoms with E-state index in [0.29, 0.717) is 23.0 Å². The van der Waals surface area contributed by atoms with Crippen molar-refractivity contribution in [3.05, 3.63) is 23.8 Å². The van der Waals surface area contributed by atoms with Crippen molar-refractivity contribution in [3.63, 3.8) is 0 Å². The van der Waals surface area contributed by atoms with Crippen LogP contribution in [0.1, 0.15) is 69.2 Å². The molecule has 7 fully saturated rings. The molecule has 1 aromatic rings. The number of likely N-dealkylation sites (tertiary alicyclic amines) is 1. The molecule has 1 aliphatic heterocycles. The van der Waals surface area contributed by atoms with Crippen molar-refractivity contribution < 1.29 is 38.4 Å². The molecule has 1 amide bonds. The van der Waals surface area contributed by atoms with Gasteiger partial charge in [-0.2, -0.15) is 0 Å². The van der Waals surface area contributed by atoms with E-state index in [9.17, 15) is 19.5 Å². The molecule has 10 atom stereocenters. The summed E-state index contributed by atoms with van der Waals surface area (Å²) in [6.07, 6.45) is 5.41. The molecule has 0 radical (unpaired) electrons. The third-order valence-corrected chi connectivity index (χ3v) is 12.8. The Morgan fingerprint density at radius 2 is 1.80 bits per heavy atom. The third-order valence-electron chi connectivity index (χ3n) is 12.8. The number of nitrogens with zero attached hydrogens (tertiary/aromatic N) is 1. The van der Waals surface area contributed by atoms with Crippen LogP contribution in [0.3, 0.4) is 0 Å². The fourth-order valence-electron chi connectivity index (χ4n) is 11.6. The van der Waals surface area contributed by atoms with E-state index in [1.165, 1.54) is 21.1 Å². The predicted molar refractivity (Wildman–Crippen MR) is 146 cm³/mol. The highest BCUT2D eigenvalue weighted by atomic mass is 16.6. The summed E-state index contributed by atoms with van der Waals surface area (Å²) < 4.78 is 22.7. The molecule has 222 valence electrons. The lowest BCUT2D eigenvalue weighted by Crippen LogP contribution is -2.73. The van der Waals surface area contributed by atoms with Crippen LogP contribution in [-0.4, -0.2) is 73.5 Å². The standard InChI is InChI=1S/C32H41NO8/c1-17(34)40-16-32(37)19-9-12-30(27(32)41-26(35)18-7-8-21(38-4)22(13-18)39-5)20-15-23-29(2)10-6-11-31(23,24(30)14-19)25(20)33(3)28(29)36/h7-8,13,19-20,23-25,27,37H,6,9-12,14-16H2,1-5H3/t19-,20-,23+,24-,25+,27-,29+,30-,31-,32-/m0/s1. The fourth-order valence-corrected chi connectivity index (χ4v) is 11.6. The number of carbonyl (C=O) groups excluding carboxylic acids is 3. The van der Waals surface area contributed by atoms with Gasteiger partial charge in [-0.05, 0) is 85.8 Å². The van der Waals surface area contributed by atoms with Crippen LogP contribution in [0.25, 0.3) is 0 Å². The average Bonchev–Trinajstić information content (AvgIpc) is 3.42. The van der Waals surface area contributed by atoms with Gasteiger partial charge in [0.1, 0.15) is 18.3 Å². The summed E-state index contributed by atoms with van der Waals surface area (Å²) in [7, 11) is 5.01. The lowest BCUT2D eigenvalue weighted by molar-refractivity contribution is -0.286. The highest BCUT2D eigenvalue weighted by Crippen LogP contribution is 2.84. The van der Waals surface area contributed by atoms with E-state index in [2.05, 4.69) is 6.92 Å². The Kier molecular flexibility index (Phi) is 5.68. The smallest absolute Gasteiger partial charge is 0.338 e.